The molecule has 17 heavy (non-hydrogen) atoms. The van der Waals surface area contributed by atoms with E-state index in [4.69, 9.17) is 4.52 Å². The van der Waals surface area contributed by atoms with Crippen LogP contribution in [0.25, 0.3) is 0 Å². The number of hydrogen-bond donors (Lipinski definition) is 1. The third kappa shape index (κ3) is 3.14. The zero-order valence-electron chi connectivity index (χ0n) is 9.28. The van der Waals surface area contributed by atoms with Crippen LogP contribution < -0.4 is 5.32 Å². The molecule has 0 radical (unpaired) electrons. The number of rotatable bonds is 4. The van der Waals surface area contributed by atoms with E-state index in [1.54, 1.807) is 12.1 Å². The third-order valence-electron chi connectivity index (χ3n) is 2.51. The molecule has 90 valence electrons. The number of halogens is 2. The van der Waals surface area contributed by atoms with Gasteiger partial charge in [-0.3, -0.25) is 0 Å². The van der Waals surface area contributed by atoms with Gasteiger partial charge in [0.15, 0.2) is 0 Å². The Bertz CT molecular complexity index is 487. The van der Waals surface area contributed by atoms with Gasteiger partial charge in [0.2, 0.25) is 0 Å². The number of benzene rings is 1. The Morgan fingerprint density at radius 3 is 2.94 bits per heavy atom. The summed E-state index contributed by atoms with van der Waals surface area (Å²) in [7, 11) is 0. The van der Waals surface area contributed by atoms with Crippen molar-refractivity contribution in [1.82, 2.24) is 10.5 Å². The molecule has 0 saturated heterocycles. The molecule has 0 saturated carbocycles. The van der Waals surface area contributed by atoms with Crippen molar-refractivity contribution < 1.29 is 8.91 Å². The maximum atomic E-state index is 12.9. The van der Waals surface area contributed by atoms with Crippen LogP contribution in [0.2, 0.25) is 0 Å². The van der Waals surface area contributed by atoms with Crippen molar-refractivity contribution >= 4 is 15.9 Å². The maximum absolute atomic E-state index is 12.9. The summed E-state index contributed by atoms with van der Waals surface area (Å²) in [5.41, 5.74) is 1.85. The Morgan fingerprint density at radius 2 is 2.29 bits per heavy atom. The zero-order chi connectivity index (χ0) is 12.3. The summed E-state index contributed by atoms with van der Waals surface area (Å²) in [6.07, 6.45) is 1.54. The summed E-state index contributed by atoms with van der Waals surface area (Å²) in [5, 5.41) is 7.10. The average Bonchev–Trinajstić information content (AvgIpc) is 2.78. The van der Waals surface area contributed by atoms with Crippen LogP contribution >= 0.6 is 15.9 Å². The Morgan fingerprint density at radius 1 is 1.47 bits per heavy atom. The molecule has 1 heterocycles. The molecule has 0 spiro atoms. The van der Waals surface area contributed by atoms with Gasteiger partial charge in [0.05, 0.1) is 5.69 Å². The largest absolute Gasteiger partial charge is 0.364 e. The number of nitrogens with one attached hydrogen (secondary N) is 1. The summed E-state index contributed by atoms with van der Waals surface area (Å²) in [5.74, 6) is -0.246. The molecule has 0 bridgehead atoms. The molecule has 1 atom stereocenters. The molecule has 0 aliphatic rings. The van der Waals surface area contributed by atoms with Gasteiger partial charge in [0.25, 0.3) is 0 Å². The van der Waals surface area contributed by atoms with E-state index >= 15 is 0 Å². The second-order valence-corrected chi connectivity index (χ2v) is 4.61. The third-order valence-corrected chi connectivity index (χ3v) is 3.20. The van der Waals surface area contributed by atoms with Gasteiger partial charge >= 0.3 is 0 Å². The van der Waals surface area contributed by atoms with Crippen molar-refractivity contribution in [2.45, 2.75) is 19.5 Å². The Balaban J connectivity index is 2.01. The monoisotopic (exact) mass is 298 g/mol. The highest BCUT2D eigenvalue weighted by Gasteiger charge is 2.10. The van der Waals surface area contributed by atoms with E-state index < -0.39 is 0 Å². The van der Waals surface area contributed by atoms with E-state index in [9.17, 15) is 4.39 Å². The Kier molecular flexibility index (Phi) is 3.91. The van der Waals surface area contributed by atoms with Crippen LogP contribution in [0.5, 0.6) is 0 Å². The van der Waals surface area contributed by atoms with Crippen molar-refractivity contribution in [1.29, 1.82) is 0 Å². The van der Waals surface area contributed by atoms with Crippen molar-refractivity contribution in [3.63, 3.8) is 0 Å². The molecule has 1 N–H and O–H groups in total. The first-order valence-electron chi connectivity index (χ1n) is 5.24. The van der Waals surface area contributed by atoms with E-state index in [1.807, 2.05) is 6.92 Å². The molecule has 3 nitrogen and oxygen atoms in total. The first-order chi connectivity index (χ1) is 8.16. The maximum Gasteiger partial charge on any atom is 0.124 e. The van der Waals surface area contributed by atoms with Crippen LogP contribution in [0, 0.1) is 5.82 Å². The molecule has 5 heteroatoms. The van der Waals surface area contributed by atoms with E-state index in [0.29, 0.717) is 6.54 Å². The van der Waals surface area contributed by atoms with Crippen LogP contribution in [-0.2, 0) is 6.54 Å². The van der Waals surface area contributed by atoms with Crippen LogP contribution in [0.1, 0.15) is 24.2 Å². The molecule has 1 aromatic heterocycles. The fourth-order valence-electron chi connectivity index (χ4n) is 1.55. The van der Waals surface area contributed by atoms with E-state index in [-0.39, 0.29) is 11.9 Å². The molecule has 1 unspecified atom stereocenters. The highest BCUT2D eigenvalue weighted by atomic mass is 79.9. The SMILES string of the molecule is CC(NCc1ccon1)c1ccc(F)cc1Br. The first-order valence-corrected chi connectivity index (χ1v) is 6.03. The Labute approximate surface area is 107 Å². The summed E-state index contributed by atoms with van der Waals surface area (Å²) in [6, 6.07) is 6.58. The lowest BCUT2D eigenvalue weighted by atomic mass is 10.1. The van der Waals surface area contributed by atoms with Gasteiger partial charge < -0.3 is 9.84 Å². The van der Waals surface area contributed by atoms with Gasteiger partial charge in [0.1, 0.15) is 12.1 Å². The molecular formula is C12H12BrFN2O. The minimum absolute atomic E-state index is 0.0988. The highest BCUT2D eigenvalue weighted by molar-refractivity contribution is 9.10. The molecule has 2 rings (SSSR count). The number of aromatic nitrogens is 1. The summed E-state index contributed by atoms with van der Waals surface area (Å²) in [4.78, 5) is 0. The molecule has 0 aliphatic heterocycles. The number of nitrogens with zero attached hydrogens (tertiary/aromatic N) is 1. The quantitative estimate of drug-likeness (QED) is 0.940. The van der Waals surface area contributed by atoms with Gasteiger partial charge in [-0.25, -0.2) is 4.39 Å². The fourth-order valence-corrected chi connectivity index (χ4v) is 2.24. The zero-order valence-corrected chi connectivity index (χ0v) is 10.9. The van der Waals surface area contributed by atoms with E-state index in [0.717, 1.165) is 15.7 Å². The lowest BCUT2D eigenvalue weighted by molar-refractivity contribution is 0.406. The minimum atomic E-state index is -0.246. The minimum Gasteiger partial charge on any atom is -0.364 e. The summed E-state index contributed by atoms with van der Waals surface area (Å²) < 4.78 is 18.5. The van der Waals surface area contributed by atoms with Gasteiger partial charge in [-0.15, -0.1) is 0 Å². The van der Waals surface area contributed by atoms with Gasteiger partial charge in [-0.2, -0.15) is 0 Å². The predicted molar refractivity (Wildman–Crippen MR) is 65.9 cm³/mol. The van der Waals surface area contributed by atoms with Crippen molar-refractivity contribution in [3.05, 3.63) is 52.1 Å². The van der Waals surface area contributed by atoms with Crippen LogP contribution in [-0.4, -0.2) is 5.16 Å². The van der Waals surface area contributed by atoms with Gasteiger partial charge in [-0.05, 0) is 24.6 Å². The first kappa shape index (κ1) is 12.3. The predicted octanol–water partition coefficient (Wildman–Crippen LogP) is 3.43. The van der Waals surface area contributed by atoms with Gasteiger partial charge in [-0.1, -0.05) is 27.2 Å². The highest BCUT2D eigenvalue weighted by Crippen LogP contribution is 2.24. The molecule has 2 aromatic rings. The van der Waals surface area contributed by atoms with Crippen molar-refractivity contribution in [2.75, 3.05) is 0 Å². The summed E-state index contributed by atoms with van der Waals surface area (Å²) >= 11 is 3.35. The summed E-state index contributed by atoms with van der Waals surface area (Å²) in [6.45, 7) is 2.62. The second-order valence-electron chi connectivity index (χ2n) is 3.76. The smallest absolute Gasteiger partial charge is 0.124 e. The molecule has 0 amide bonds. The Hall–Kier alpha value is -1.20. The van der Waals surface area contributed by atoms with Crippen LogP contribution in [0.4, 0.5) is 4.39 Å². The van der Waals surface area contributed by atoms with Gasteiger partial charge in [0, 0.05) is 23.1 Å². The topological polar surface area (TPSA) is 38.1 Å². The molecular weight excluding hydrogens is 287 g/mol. The normalized spacial score (nSPS) is 12.6. The number of hydrogen-bond acceptors (Lipinski definition) is 3. The lowest BCUT2D eigenvalue weighted by Crippen LogP contribution is -2.18. The van der Waals surface area contributed by atoms with Crippen LogP contribution in [0.15, 0.2) is 39.5 Å². The van der Waals surface area contributed by atoms with Crippen molar-refractivity contribution in [2.24, 2.45) is 0 Å². The average molecular weight is 299 g/mol. The fraction of sp³-hybridized carbons (Fsp3) is 0.250. The molecule has 1 aromatic carbocycles. The lowest BCUT2D eigenvalue weighted by Gasteiger charge is -2.14. The second kappa shape index (κ2) is 5.42. The molecule has 0 fully saturated rings. The van der Waals surface area contributed by atoms with E-state index in [2.05, 4.69) is 26.4 Å². The van der Waals surface area contributed by atoms with Crippen LogP contribution in [0.3, 0.4) is 0 Å². The molecule has 0 aliphatic carbocycles. The van der Waals surface area contributed by atoms with E-state index in [1.165, 1.54) is 18.4 Å². The van der Waals surface area contributed by atoms with Crippen molar-refractivity contribution in [3.8, 4) is 0 Å². The standard InChI is InChI=1S/C12H12BrFN2O/c1-8(15-7-10-4-5-17-16-10)11-3-2-9(14)6-12(11)13/h2-6,8,15H,7H2,1H3.